The molecule has 1 amide bonds. The first-order valence-corrected chi connectivity index (χ1v) is 20.4. The Morgan fingerprint density at radius 3 is 2.35 bits per heavy atom. The lowest BCUT2D eigenvalue weighted by atomic mass is 9.87. The second kappa shape index (κ2) is 17.0. The van der Waals surface area contributed by atoms with Gasteiger partial charge in [0.2, 0.25) is 0 Å². The Hall–Kier alpha value is -3.89. The SMILES string of the molecule is CC(OCOc1ccc2ccc(COC3CN(C(=O)O)CCC3c3ccc(OCCCOCc4ccccc4)cc3)cc2c1)[Si](C)(C)C. The third-order valence-corrected chi connectivity index (χ3v) is 11.7. The van der Waals surface area contributed by atoms with Crippen molar-refractivity contribution >= 4 is 24.9 Å². The average molecular weight is 672 g/mol. The highest BCUT2D eigenvalue weighted by atomic mass is 28.3. The van der Waals surface area contributed by atoms with E-state index < -0.39 is 14.2 Å². The molecule has 5 rings (SSSR count). The number of fused-ring (bicyclic) bond motifs is 1. The van der Waals surface area contributed by atoms with Crippen molar-refractivity contribution in [2.24, 2.45) is 0 Å². The Morgan fingerprint density at radius 2 is 1.60 bits per heavy atom. The molecule has 48 heavy (non-hydrogen) atoms. The van der Waals surface area contributed by atoms with Gasteiger partial charge in [0.25, 0.3) is 0 Å². The highest BCUT2D eigenvalue weighted by molar-refractivity contribution is 6.77. The summed E-state index contributed by atoms with van der Waals surface area (Å²) in [5.74, 6) is 1.63. The van der Waals surface area contributed by atoms with E-state index in [2.05, 4.69) is 69.0 Å². The first-order chi connectivity index (χ1) is 23.2. The number of nitrogens with zero attached hydrogens (tertiary/aromatic N) is 1. The number of likely N-dealkylation sites (tertiary alicyclic amines) is 1. The summed E-state index contributed by atoms with van der Waals surface area (Å²) >= 11 is 0. The summed E-state index contributed by atoms with van der Waals surface area (Å²) in [5, 5.41) is 11.9. The van der Waals surface area contributed by atoms with Crippen LogP contribution in [-0.2, 0) is 27.4 Å². The fourth-order valence-corrected chi connectivity index (χ4v) is 6.25. The lowest BCUT2D eigenvalue weighted by Crippen LogP contribution is -2.46. The highest BCUT2D eigenvalue weighted by Gasteiger charge is 2.33. The maximum Gasteiger partial charge on any atom is 0.407 e. The summed E-state index contributed by atoms with van der Waals surface area (Å²) in [6, 6.07) is 30.6. The zero-order valence-corrected chi connectivity index (χ0v) is 29.6. The van der Waals surface area contributed by atoms with E-state index in [9.17, 15) is 9.90 Å². The number of hydrogen-bond donors (Lipinski definition) is 1. The van der Waals surface area contributed by atoms with Crippen LogP contribution in [0.4, 0.5) is 4.79 Å². The monoisotopic (exact) mass is 671 g/mol. The zero-order valence-electron chi connectivity index (χ0n) is 28.6. The van der Waals surface area contributed by atoms with Gasteiger partial charge in [-0.2, -0.15) is 0 Å². The largest absolute Gasteiger partial charge is 0.494 e. The summed E-state index contributed by atoms with van der Waals surface area (Å²) in [4.78, 5) is 13.3. The molecule has 1 N–H and O–H groups in total. The summed E-state index contributed by atoms with van der Waals surface area (Å²) in [6.07, 6.45) is 0.291. The van der Waals surface area contributed by atoms with Crippen LogP contribution in [0.25, 0.3) is 10.8 Å². The molecule has 0 saturated carbocycles. The van der Waals surface area contributed by atoms with E-state index in [4.69, 9.17) is 23.7 Å². The van der Waals surface area contributed by atoms with Crippen molar-refractivity contribution in [1.29, 1.82) is 0 Å². The summed E-state index contributed by atoms with van der Waals surface area (Å²) in [5.41, 5.74) is 3.51. The number of carboxylic acid groups (broad SMARTS) is 1. The topological polar surface area (TPSA) is 86.7 Å². The van der Waals surface area contributed by atoms with Crippen molar-refractivity contribution in [1.82, 2.24) is 4.90 Å². The number of rotatable bonds is 16. The van der Waals surface area contributed by atoms with Gasteiger partial charge in [-0.15, -0.1) is 0 Å². The van der Waals surface area contributed by atoms with Gasteiger partial charge in [0.15, 0.2) is 6.79 Å². The van der Waals surface area contributed by atoms with Gasteiger partial charge >= 0.3 is 6.09 Å². The molecular formula is C39H49NO7Si. The van der Waals surface area contributed by atoms with Gasteiger partial charge in [0, 0.05) is 24.6 Å². The van der Waals surface area contributed by atoms with Gasteiger partial charge < -0.3 is 33.7 Å². The van der Waals surface area contributed by atoms with Gasteiger partial charge in [-0.05, 0) is 71.1 Å². The Morgan fingerprint density at radius 1 is 0.854 bits per heavy atom. The Bertz CT molecular complexity index is 1590. The van der Waals surface area contributed by atoms with E-state index >= 15 is 0 Å². The van der Waals surface area contributed by atoms with Crippen LogP contribution in [-0.4, -0.2) is 69.1 Å². The molecule has 3 atom stereocenters. The fourth-order valence-electron chi connectivity index (χ4n) is 5.68. The van der Waals surface area contributed by atoms with E-state index in [0.717, 1.165) is 45.4 Å². The van der Waals surface area contributed by atoms with Gasteiger partial charge in [-0.25, -0.2) is 4.79 Å². The van der Waals surface area contributed by atoms with Crippen LogP contribution in [0.3, 0.4) is 0 Å². The first kappa shape index (κ1) is 35.4. The molecule has 1 heterocycles. The maximum absolute atomic E-state index is 11.9. The average Bonchev–Trinajstić information content (AvgIpc) is 3.09. The van der Waals surface area contributed by atoms with Crippen LogP contribution in [0.2, 0.25) is 19.6 Å². The first-order valence-electron chi connectivity index (χ1n) is 16.9. The van der Waals surface area contributed by atoms with Crippen molar-refractivity contribution in [3.05, 3.63) is 108 Å². The molecule has 0 bridgehead atoms. The standard InChI is InChI=1S/C39H49NO7Si/c1-29(48(2,3)4)46-28-47-36-18-13-32-12-11-31(23-34(32)24-36)27-45-38-25-40(39(41)42)20-19-37(38)33-14-16-35(17-15-33)44-22-8-21-43-26-30-9-6-5-7-10-30/h5-7,9-18,23-24,29,37-38H,8,19-22,25-28H2,1-4H3,(H,41,42). The molecule has 0 radical (unpaired) electrons. The van der Waals surface area contributed by atoms with E-state index in [1.165, 1.54) is 4.90 Å². The van der Waals surface area contributed by atoms with Crippen LogP contribution >= 0.6 is 0 Å². The van der Waals surface area contributed by atoms with Gasteiger partial charge in [0.1, 0.15) is 11.5 Å². The zero-order chi connectivity index (χ0) is 33.9. The van der Waals surface area contributed by atoms with Crippen LogP contribution in [0.1, 0.15) is 42.4 Å². The van der Waals surface area contributed by atoms with E-state index in [1.54, 1.807) is 0 Å². The summed E-state index contributed by atoms with van der Waals surface area (Å²) in [7, 11) is -1.39. The maximum atomic E-state index is 11.9. The molecule has 0 aromatic heterocycles. The fraction of sp³-hybridized carbons (Fsp3) is 0.410. The van der Waals surface area contributed by atoms with Crippen molar-refractivity contribution in [2.75, 3.05) is 33.1 Å². The van der Waals surface area contributed by atoms with E-state index in [1.807, 2.05) is 48.5 Å². The molecular weight excluding hydrogens is 623 g/mol. The molecule has 1 saturated heterocycles. The lowest BCUT2D eigenvalue weighted by Gasteiger charge is -2.37. The van der Waals surface area contributed by atoms with Crippen molar-refractivity contribution in [3.8, 4) is 11.5 Å². The molecule has 4 aromatic carbocycles. The highest BCUT2D eigenvalue weighted by Crippen LogP contribution is 2.33. The summed E-state index contributed by atoms with van der Waals surface area (Å²) < 4.78 is 30.1. The lowest BCUT2D eigenvalue weighted by molar-refractivity contribution is -0.0199. The minimum atomic E-state index is -1.39. The molecule has 1 fully saturated rings. The molecule has 0 spiro atoms. The molecule has 256 valence electrons. The van der Waals surface area contributed by atoms with Crippen LogP contribution in [0, 0.1) is 0 Å². The predicted molar refractivity (Wildman–Crippen MR) is 192 cm³/mol. The van der Waals surface area contributed by atoms with Crippen LogP contribution in [0.5, 0.6) is 11.5 Å². The number of carbonyl (C=O) groups is 1. The summed E-state index contributed by atoms with van der Waals surface area (Å²) in [6.45, 7) is 12.2. The minimum absolute atomic E-state index is 0.0695. The quantitative estimate of drug-likeness (QED) is 0.0726. The van der Waals surface area contributed by atoms with Gasteiger partial charge in [0.05, 0.1) is 47.2 Å². The number of amides is 1. The van der Waals surface area contributed by atoms with Crippen LogP contribution < -0.4 is 9.47 Å². The third-order valence-electron chi connectivity index (χ3n) is 9.05. The van der Waals surface area contributed by atoms with Crippen molar-refractivity contribution < 1.29 is 33.6 Å². The third kappa shape index (κ3) is 10.3. The number of ether oxygens (including phenoxy) is 5. The van der Waals surface area contributed by atoms with E-state index in [-0.39, 0.29) is 24.5 Å². The molecule has 0 aliphatic carbocycles. The molecule has 3 unspecified atom stereocenters. The Kier molecular flexibility index (Phi) is 12.5. The second-order valence-corrected chi connectivity index (χ2v) is 19.1. The molecule has 4 aromatic rings. The normalized spacial score (nSPS) is 17.3. The molecule has 9 heteroatoms. The molecule has 8 nitrogen and oxygen atoms in total. The Balaban J connectivity index is 1.15. The van der Waals surface area contributed by atoms with Gasteiger partial charge in [-0.3, -0.25) is 0 Å². The predicted octanol–water partition coefficient (Wildman–Crippen LogP) is 8.50. The second-order valence-electron chi connectivity index (χ2n) is 13.6. The molecule has 1 aliphatic rings. The smallest absolute Gasteiger partial charge is 0.407 e. The molecule has 1 aliphatic heterocycles. The number of piperidine rings is 1. The van der Waals surface area contributed by atoms with Crippen molar-refractivity contribution in [2.45, 2.75) is 70.4 Å². The number of benzene rings is 4. The van der Waals surface area contributed by atoms with E-state index in [0.29, 0.717) is 45.9 Å². The minimum Gasteiger partial charge on any atom is -0.494 e. The van der Waals surface area contributed by atoms with Gasteiger partial charge in [-0.1, -0.05) is 80.3 Å². The Labute approximate surface area is 285 Å². The van der Waals surface area contributed by atoms with Crippen molar-refractivity contribution in [3.63, 3.8) is 0 Å². The van der Waals surface area contributed by atoms with Crippen LogP contribution in [0.15, 0.2) is 91.0 Å². The number of hydrogen-bond acceptors (Lipinski definition) is 6.